The second-order valence-electron chi connectivity index (χ2n) is 4.54. The Morgan fingerprint density at radius 3 is 2.57 bits per heavy atom. The Balaban J connectivity index is 1.99. The van der Waals surface area contributed by atoms with Crippen molar-refractivity contribution < 1.29 is 13.2 Å². The lowest BCUT2D eigenvalue weighted by molar-refractivity contribution is 0.340. The second-order valence-corrected chi connectivity index (χ2v) is 6.74. The molecular weight excluding hydrogens is 334 g/mol. The smallest absolute Gasteiger partial charge is 0.241 e. The standard InChI is InChI=1S/C17H16ClNO3S/c1-2-22-16-8-10-17(11-9-16)23(20,21)19-12-4-6-14-5-3-7-15(18)13-14/h3,5,7-11,13,19H,2,12H2,1H3. The third-order valence-corrected chi connectivity index (χ3v) is 4.51. The lowest BCUT2D eigenvalue weighted by Crippen LogP contribution is -2.23. The molecule has 0 aliphatic heterocycles. The third kappa shape index (κ3) is 5.29. The quantitative estimate of drug-likeness (QED) is 0.844. The summed E-state index contributed by atoms with van der Waals surface area (Å²) in [4.78, 5) is 0.172. The number of benzene rings is 2. The maximum Gasteiger partial charge on any atom is 0.241 e. The second kappa shape index (κ2) is 8.02. The van der Waals surface area contributed by atoms with E-state index in [1.807, 2.05) is 6.92 Å². The van der Waals surface area contributed by atoms with Gasteiger partial charge in [-0.2, -0.15) is 4.72 Å². The van der Waals surface area contributed by atoms with Crippen LogP contribution in [0.25, 0.3) is 0 Å². The van der Waals surface area contributed by atoms with E-state index in [0.717, 1.165) is 5.56 Å². The molecule has 23 heavy (non-hydrogen) atoms. The van der Waals surface area contributed by atoms with Crippen molar-refractivity contribution >= 4 is 21.6 Å². The molecular formula is C17H16ClNO3S. The van der Waals surface area contributed by atoms with Crippen molar-refractivity contribution in [2.75, 3.05) is 13.2 Å². The van der Waals surface area contributed by atoms with Crippen LogP contribution in [0.1, 0.15) is 12.5 Å². The van der Waals surface area contributed by atoms with E-state index in [-0.39, 0.29) is 11.4 Å². The molecule has 6 heteroatoms. The fourth-order valence-corrected chi connectivity index (χ4v) is 2.92. The lowest BCUT2D eigenvalue weighted by atomic mass is 10.2. The predicted molar refractivity (Wildman–Crippen MR) is 91.1 cm³/mol. The Kier molecular flexibility index (Phi) is 6.05. The van der Waals surface area contributed by atoms with Gasteiger partial charge in [0.2, 0.25) is 10.0 Å². The van der Waals surface area contributed by atoms with E-state index in [1.54, 1.807) is 36.4 Å². The van der Waals surface area contributed by atoms with E-state index < -0.39 is 10.0 Å². The molecule has 0 unspecified atom stereocenters. The van der Waals surface area contributed by atoms with Gasteiger partial charge in [0.15, 0.2) is 0 Å². The van der Waals surface area contributed by atoms with Gasteiger partial charge in [0, 0.05) is 10.6 Å². The van der Waals surface area contributed by atoms with Crippen molar-refractivity contribution in [3.05, 3.63) is 59.1 Å². The van der Waals surface area contributed by atoms with Gasteiger partial charge in [0.25, 0.3) is 0 Å². The van der Waals surface area contributed by atoms with Gasteiger partial charge in [-0.25, -0.2) is 8.42 Å². The van der Waals surface area contributed by atoms with Gasteiger partial charge in [0.05, 0.1) is 18.0 Å². The SMILES string of the molecule is CCOc1ccc(S(=O)(=O)NCC#Cc2cccc(Cl)c2)cc1. The summed E-state index contributed by atoms with van der Waals surface area (Å²) in [6.07, 6.45) is 0. The summed E-state index contributed by atoms with van der Waals surface area (Å²) in [6.45, 7) is 2.41. The normalized spacial score (nSPS) is 10.7. The number of ether oxygens (including phenoxy) is 1. The molecule has 4 nitrogen and oxygen atoms in total. The van der Waals surface area contributed by atoms with Crippen LogP contribution in [0.5, 0.6) is 5.75 Å². The zero-order chi connectivity index (χ0) is 16.7. The molecule has 0 saturated carbocycles. The molecule has 120 valence electrons. The van der Waals surface area contributed by atoms with Crippen LogP contribution in [0.3, 0.4) is 0 Å². The first-order valence-corrected chi connectivity index (χ1v) is 8.84. The highest BCUT2D eigenvalue weighted by molar-refractivity contribution is 7.89. The molecule has 0 saturated heterocycles. The Morgan fingerprint density at radius 2 is 1.91 bits per heavy atom. The molecule has 0 spiro atoms. The fraction of sp³-hybridized carbons (Fsp3) is 0.176. The molecule has 0 aromatic heterocycles. The summed E-state index contributed by atoms with van der Waals surface area (Å²) >= 11 is 5.86. The van der Waals surface area contributed by atoms with Crippen molar-refractivity contribution in [1.82, 2.24) is 4.72 Å². The molecule has 0 bridgehead atoms. The van der Waals surface area contributed by atoms with Crippen molar-refractivity contribution in [2.24, 2.45) is 0 Å². The first kappa shape index (κ1) is 17.4. The van der Waals surface area contributed by atoms with Crippen LogP contribution < -0.4 is 9.46 Å². The van der Waals surface area contributed by atoms with E-state index >= 15 is 0 Å². The third-order valence-electron chi connectivity index (χ3n) is 2.85. The van der Waals surface area contributed by atoms with Crippen LogP contribution in [-0.4, -0.2) is 21.6 Å². The first-order valence-electron chi connectivity index (χ1n) is 6.98. The largest absolute Gasteiger partial charge is 0.494 e. The number of sulfonamides is 1. The molecule has 0 amide bonds. The van der Waals surface area contributed by atoms with E-state index in [1.165, 1.54) is 12.1 Å². The van der Waals surface area contributed by atoms with Crippen molar-refractivity contribution in [2.45, 2.75) is 11.8 Å². The van der Waals surface area contributed by atoms with Crippen LogP contribution in [-0.2, 0) is 10.0 Å². The Morgan fingerprint density at radius 1 is 1.17 bits per heavy atom. The lowest BCUT2D eigenvalue weighted by Gasteiger charge is -2.06. The van der Waals surface area contributed by atoms with Gasteiger partial charge >= 0.3 is 0 Å². The highest BCUT2D eigenvalue weighted by Crippen LogP contribution is 2.15. The van der Waals surface area contributed by atoms with Crippen LogP contribution in [0, 0.1) is 11.8 Å². The van der Waals surface area contributed by atoms with Gasteiger partial charge in [-0.05, 0) is 49.4 Å². The fourth-order valence-electron chi connectivity index (χ4n) is 1.81. The molecule has 0 heterocycles. The highest BCUT2D eigenvalue weighted by atomic mass is 35.5. The maximum absolute atomic E-state index is 12.1. The minimum absolute atomic E-state index is 0.0159. The van der Waals surface area contributed by atoms with Crippen LogP contribution >= 0.6 is 11.6 Å². The highest BCUT2D eigenvalue weighted by Gasteiger charge is 2.12. The van der Waals surface area contributed by atoms with Gasteiger partial charge < -0.3 is 4.74 Å². The number of nitrogens with one attached hydrogen (secondary N) is 1. The monoisotopic (exact) mass is 349 g/mol. The van der Waals surface area contributed by atoms with E-state index in [2.05, 4.69) is 16.6 Å². The minimum atomic E-state index is -3.59. The summed E-state index contributed by atoms with van der Waals surface area (Å²) < 4.78 is 32.0. The maximum atomic E-state index is 12.1. The van der Waals surface area contributed by atoms with Gasteiger partial charge in [-0.15, -0.1) is 0 Å². The molecule has 0 atom stereocenters. The van der Waals surface area contributed by atoms with Gasteiger partial charge in [-0.1, -0.05) is 29.5 Å². The van der Waals surface area contributed by atoms with Crippen molar-refractivity contribution in [1.29, 1.82) is 0 Å². The zero-order valence-electron chi connectivity index (χ0n) is 12.5. The molecule has 2 aromatic rings. The average Bonchev–Trinajstić information content (AvgIpc) is 2.53. The molecule has 1 N–H and O–H groups in total. The summed E-state index contributed by atoms with van der Waals surface area (Å²) in [6, 6.07) is 13.3. The first-order chi connectivity index (χ1) is 11.0. The molecule has 0 radical (unpaired) electrons. The zero-order valence-corrected chi connectivity index (χ0v) is 14.1. The van der Waals surface area contributed by atoms with E-state index in [0.29, 0.717) is 17.4 Å². The average molecular weight is 350 g/mol. The number of halogens is 1. The molecule has 0 fully saturated rings. The Labute approximate surface area is 141 Å². The summed E-state index contributed by atoms with van der Waals surface area (Å²) in [5.41, 5.74) is 0.734. The molecule has 0 aliphatic carbocycles. The molecule has 0 aliphatic rings. The van der Waals surface area contributed by atoms with Crippen LogP contribution in [0.2, 0.25) is 5.02 Å². The number of hydrogen-bond acceptors (Lipinski definition) is 3. The van der Waals surface area contributed by atoms with E-state index in [4.69, 9.17) is 16.3 Å². The van der Waals surface area contributed by atoms with Gasteiger partial charge in [-0.3, -0.25) is 0 Å². The molecule has 2 aromatic carbocycles. The van der Waals surface area contributed by atoms with Crippen LogP contribution in [0.4, 0.5) is 0 Å². The number of rotatable bonds is 5. The minimum Gasteiger partial charge on any atom is -0.494 e. The van der Waals surface area contributed by atoms with E-state index in [9.17, 15) is 8.42 Å². The predicted octanol–water partition coefficient (Wildman–Crippen LogP) is 3.07. The molecule has 2 rings (SSSR count). The van der Waals surface area contributed by atoms with Crippen molar-refractivity contribution in [3.8, 4) is 17.6 Å². The Bertz CT molecular complexity index is 821. The summed E-state index contributed by atoms with van der Waals surface area (Å²) in [5.74, 6) is 6.25. The Hall–Kier alpha value is -2.00. The van der Waals surface area contributed by atoms with Crippen molar-refractivity contribution in [3.63, 3.8) is 0 Å². The number of hydrogen-bond donors (Lipinski definition) is 1. The van der Waals surface area contributed by atoms with Gasteiger partial charge in [0.1, 0.15) is 5.75 Å². The summed E-state index contributed by atoms with van der Waals surface area (Å²) in [5, 5.41) is 0.590. The van der Waals surface area contributed by atoms with Crippen LogP contribution in [0.15, 0.2) is 53.4 Å². The summed E-state index contributed by atoms with van der Waals surface area (Å²) in [7, 11) is -3.59. The topological polar surface area (TPSA) is 55.4 Å².